The predicted octanol–water partition coefficient (Wildman–Crippen LogP) is 2.98. The molecule has 7 heteroatoms. The van der Waals surface area contributed by atoms with Crippen LogP contribution in [0.3, 0.4) is 0 Å². The highest BCUT2D eigenvalue weighted by Gasteiger charge is 2.45. The van der Waals surface area contributed by atoms with Crippen molar-refractivity contribution in [1.82, 2.24) is 15.7 Å². The molecular formula is C21H19FN4OS. The summed E-state index contributed by atoms with van der Waals surface area (Å²) < 4.78 is 13.5. The zero-order valence-electron chi connectivity index (χ0n) is 14.9. The average molecular weight is 394 g/mol. The number of thioether (sulfide) groups is 1. The van der Waals surface area contributed by atoms with E-state index in [0.29, 0.717) is 6.54 Å². The number of nitrogens with two attached hydrogens (primary N) is 1. The van der Waals surface area contributed by atoms with Crippen LogP contribution in [-0.4, -0.2) is 16.1 Å². The third-order valence-electron chi connectivity index (χ3n) is 4.97. The molecule has 1 aliphatic heterocycles. The second-order valence-corrected chi connectivity index (χ2v) is 7.56. The van der Waals surface area contributed by atoms with Crippen LogP contribution in [-0.2, 0) is 16.9 Å². The number of halogens is 1. The molecule has 3 aromatic rings. The zero-order chi connectivity index (χ0) is 19.6. The van der Waals surface area contributed by atoms with Crippen LogP contribution >= 0.6 is 11.8 Å². The van der Waals surface area contributed by atoms with Crippen molar-refractivity contribution in [3.05, 3.63) is 89.2 Å². The van der Waals surface area contributed by atoms with E-state index in [2.05, 4.69) is 15.7 Å². The molecule has 142 valence electrons. The summed E-state index contributed by atoms with van der Waals surface area (Å²) in [5.74, 6) is 4.80. The largest absolute Gasteiger partial charge is 0.299 e. The highest BCUT2D eigenvalue weighted by molar-refractivity contribution is 8.03. The van der Waals surface area contributed by atoms with E-state index in [9.17, 15) is 9.18 Å². The number of carbonyl (C=O) groups excluding carboxylic acids is 1. The predicted molar refractivity (Wildman–Crippen MR) is 110 cm³/mol. The molecule has 0 saturated heterocycles. The van der Waals surface area contributed by atoms with Gasteiger partial charge >= 0.3 is 0 Å². The number of carbonyl (C=O) groups is 1. The van der Waals surface area contributed by atoms with E-state index in [0.717, 1.165) is 22.0 Å². The Morgan fingerprint density at radius 3 is 2.75 bits per heavy atom. The number of rotatable bonds is 5. The van der Waals surface area contributed by atoms with Gasteiger partial charge < -0.3 is 0 Å². The lowest BCUT2D eigenvalue weighted by molar-refractivity contribution is -0.121. The minimum atomic E-state index is -0.813. The van der Waals surface area contributed by atoms with Crippen molar-refractivity contribution < 1.29 is 9.18 Å². The van der Waals surface area contributed by atoms with Crippen molar-refractivity contribution in [2.24, 2.45) is 5.84 Å². The fourth-order valence-corrected chi connectivity index (χ4v) is 4.70. The second-order valence-electron chi connectivity index (χ2n) is 6.54. The topological polar surface area (TPSA) is 80.0 Å². The molecule has 0 spiro atoms. The first-order valence-corrected chi connectivity index (χ1v) is 9.75. The number of amides is 1. The van der Waals surface area contributed by atoms with E-state index in [1.807, 2.05) is 41.8 Å². The molecule has 0 aliphatic carbocycles. The molecule has 1 aliphatic rings. The Balaban J connectivity index is 1.73. The molecule has 5 nitrogen and oxygen atoms in total. The Morgan fingerprint density at radius 1 is 1.18 bits per heavy atom. The van der Waals surface area contributed by atoms with Crippen LogP contribution in [0, 0.1) is 5.82 Å². The first-order valence-electron chi connectivity index (χ1n) is 8.81. The van der Waals surface area contributed by atoms with E-state index >= 15 is 0 Å². The fraction of sp³-hybridized carbons (Fsp3) is 0.143. The normalized spacial score (nSPS) is 21.1. The van der Waals surface area contributed by atoms with Crippen molar-refractivity contribution in [2.45, 2.75) is 17.3 Å². The lowest BCUT2D eigenvalue weighted by Crippen LogP contribution is -2.54. The molecule has 1 amide bonds. The number of hydrogen-bond donors (Lipinski definition) is 3. The Kier molecular flexibility index (Phi) is 5.13. The number of fused-ring (bicyclic) bond motifs is 1. The number of pyridine rings is 1. The van der Waals surface area contributed by atoms with Crippen molar-refractivity contribution in [2.75, 3.05) is 0 Å². The molecule has 0 saturated carbocycles. The Hall–Kier alpha value is -2.74. The van der Waals surface area contributed by atoms with Gasteiger partial charge in [0.25, 0.3) is 0 Å². The standard InChI is InChI=1S/C21H19FN4OS/c22-16-7-5-15(6-8-16)21(10-12-28-19(21)20(27)26-23)25-13-14-9-11-24-18-4-2-1-3-17(14)18/h1-12,19,25H,13,23H2,(H,26,27). The van der Waals surface area contributed by atoms with Gasteiger partial charge in [0.05, 0.1) is 11.1 Å². The average Bonchev–Trinajstić information content (AvgIpc) is 3.17. The molecule has 0 bridgehead atoms. The van der Waals surface area contributed by atoms with E-state index in [4.69, 9.17) is 5.84 Å². The Morgan fingerprint density at radius 2 is 1.96 bits per heavy atom. The van der Waals surface area contributed by atoms with Crippen LogP contribution in [0.2, 0.25) is 0 Å². The van der Waals surface area contributed by atoms with Gasteiger partial charge in [0, 0.05) is 18.1 Å². The van der Waals surface area contributed by atoms with E-state index in [1.54, 1.807) is 18.3 Å². The molecule has 2 aromatic carbocycles. The fourth-order valence-electron chi connectivity index (χ4n) is 3.54. The summed E-state index contributed by atoms with van der Waals surface area (Å²) in [6, 6.07) is 16.0. The number of nitrogens with zero attached hydrogens (tertiary/aromatic N) is 1. The van der Waals surface area contributed by atoms with Gasteiger partial charge in [-0.05, 0) is 40.8 Å². The van der Waals surface area contributed by atoms with Crippen LogP contribution in [0.25, 0.3) is 10.9 Å². The van der Waals surface area contributed by atoms with E-state index in [-0.39, 0.29) is 11.7 Å². The summed E-state index contributed by atoms with van der Waals surface area (Å²) in [6.45, 7) is 0.500. The van der Waals surface area contributed by atoms with Crippen LogP contribution in [0.1, 0.15) is 11.1 Å². The molecular weight excluding hydrogens is 375 g/mol. The van der Waals surface area contributed by atoms with Crippen LogP contribution < -0.4 is 16.6 Å². The summed E-state index contributed by atoms with van der Waals surface area (Å²) >= 11 is 1.38. The molecule has 4 rings (SSSR count). The quantitative estimate of drug-likeness (QED) is 0.352. The highest BCUT2D eigenvalue weighted by atomic mass is 32.2. The highest BCUT2D eigenvalue weighted by Crippen LogP contribution is 2.41. The smallest absolute Gasteiger partial charge is 0.249 e. The van der Waals surface area contributed by atoms with E-state index < -0.39 is 10.8 Å². The number of benzene rings is 2. The molecule has 28 heavy (non-hydrogen) atoms. The monoisotopic (exact) mass is 394 g/mol. The maximum atomic E-state index is 13.5. The summed E-state index contributed by atoms with van der Waals surface area (Å²) in [5, 5.41) is 5.93. The summed E-state index contributed by atoms with van der Waals surface area (Å²) in [5.41, 5.74) is 4.19. The molecule has 2 heterocycles. The maximum absolute atomic E-state index is 13.5. The summed E-state index contributed by atoms with van der Waals surface area (Å²) in [6.07, 6.45) is 3.71. The van der Waals surface area contributed by atoms with Gasteiger partial charge in [0.1, 0.15) is 11.1 Å². The lowest BCUT2D eigenvalue weighted by atomic mass is 9.85. The molecule has 1 aromatic heterocycles. The maximum Gasteiger partial charge on any atom is 0.249 e. The molecule has 2 atom stereocenters. The lowest BCUT2D eigenvalue weighted by Gasteiger charge is -2.35. The number of hydrazine groups is 1. The first-order chi connectivity index (χ1) is 13.6. The number of nitrogens with one attached hydrogen (secondary N) is 2. The van der Waals surface area contributed by atoms with Gasteiger partial charge in [-0.3, -0.25) is 20.5 Å². The molecule has 4 N–H and O–H groups in total. The van der Waals surface area contributed by atoms with E-state index in [1.165, 1.54) is 23.9 Å². The zero-order valence-corrected chi connectivity index (χ0v) is 15.7. The summed E-state index contributed by atoms with van der Waals surface area (Å²) in [4.78, 5) is 16.9. The van der Waals surface area contributed by atoms with Crippen molar-refractivity contribution in [1.29, 1.82) is 0 Å². The number of aromatic nitrogens is 1. The minimum absolute atomic E-state index is 0.300. The second kappa shape index (κ2) is 7.71. The third kappa shape index (κ3) is 3.28. The number of hydrogen-bond acceptors (Lipinski definition) is 5. The van der Waals surface area contributed by atoms with Gasteiger partial charge in [-0.25, -0.2) is 10.2 Å². The van der Waals surface area contributed by atoms with Gasteiger partial charge in [0.15, 0.2) is 0 Å². The third-order valence-corrected chi connectivity index (χ3v) is 6.12. The van der Waals surface area contributed by atoms with Gasteiger partial charge in [-0.1, -0.05) is 36.4 Å². The first kappa shape index (κ1) is 18.6. The van der Waals surface area contributed by atoms with Crippen molar-refractivity contribution in [3.63, 3.8) is 0 Å². The van der Waals surface area contributed by atoms with Gasteiger partial charge in [0.2, 0.25) is 5.91 Å². The molecule has 0 fully saturated rings. The van der Waals surface area contributed by atoms with Gasteiger partial charge in [-0.15, -0.1) is 11.8 Å². The summed E-state index contributed by atoms with van der Waals surface area (Å²) in [7, 11) is 0. The minimum Gasteiger partial charge on any atom is -0.299 e. The Labute approximate surface area is 166 Å². The molecule has 0 radical (unpaired) electrons. The van der Waals surface area contributed by atoms with Crippen molar-refractivity contribution >= 4 is 28.6 Å². The van der Waals surface area contributed by atoms with Gasteiger partial charge in [-0.2, -0.15) is 0 Å². The SMILES string of the molecule is NNC(=O)C1SC=CC1(NCc1ccnc2ccccc12)c1ccc(F)cc1. The molecule has 2 unspecified atom stereocenters. The van der Waals surface area contributed by atoms with Crippen LogP contribution in [0.4, 0.5) is 4.39 Å². The van der Waals surface area contributed by atoms with Crippen molar-refractivity contribution in [3.8, 4) is 0 Å². The number of para-hydroxylation sites is 1. The van der Waals surface area contributed by atoms with Crippen LogP contribution in [0.5, 0.6) is 0 Å². The Bertz CT molecular complexity index is 1030. The van der Waals surface area contributed by atoms with Crippen LogP contribution in [0.15, 0.2) is 72.3 Å².